The van der Waals surface area contributed by atoms with Crippen molar-refractivity contribution in [3.63, 3.8) is 0 Å². The van der Waals surface area contributed by atoms with Crippen LogP contribution in [-0.2, 0) is 16.0 Å². The first-order valence-corrected chi connectivity index (χ1v) is 8.85. The lowest BCUT2D eigenvalue weighted by Gasteiger charge is -2.38. The van der Waals surface area contributed by atoms with E-state index in [9.17, 15) is 4.79 Å². The van der Waals surface area contributed by atoms with Crippen LogP contribution < -0.4 is 4.74 Å². The molecule has 1 heterocycles. The summed E-state index contributed by atoms with van der Waals surface area (Å²) in [4.78, 5) is 14.7. The minimum Gasteiger partial charge on any atom is -0.497 e. The molecule has 0 saturated carbocycles. The van der Waals surface area contributed by atoms with Gasteiger partial charge in [-0.1, -0.05) is 18.2 Å². The van der Waals surface area contributed by atoms with Crippen LogP contribution in [0.5, 0.6) is 5.75 Å². The van der Waals surface area contributed by atoms with Gasteiger partial charge in [0.2, 0.25) is 5.91 Å². The number of nitrogens with zero attached hydrogens (tertiary/aromatic N) is 1. The van der Waals surface area contributed by atoms with E-state index in [1.807, 2.05) is 17.0 Å². The van der Waals surface area contributed by atoms with E-state index >= 15 is 0 Å². The van der Waals surface area contributed by atoms with Gasteiger partial charge in [0, 0.05) is 31.7 Å². The quantitative estimate of drug-likeness (QED) is 0.832. The smallest absolute Gasteiger partial charge is 0.249 e. The van der Waals surface area contributed by atoms with Crippen LogP contribution in [0, 0.1) is 5.92 Å². The molecule has 4 nitrogen and oxygen atoms in total. The largest absolute Gasteiger partial charge is 0.497 e. The van der Waals surface area contributed by atoms with Gasteiger partial charge in [-0.2, -0.15) is 0 Å². The normalized spacial score (nSPS) is 23.9. The first-order chi connectivity index (χ1) is 11.7. The molecule has 1 fully saturated rings. The number of likely N-dealkylation sites (tertiary alicyclic amines) is 1. The van der Waals surface area contributed by atoms with Crippen molar-refractivity contribution in [2.75, 3.05) is 27.3 Å². The number of carbonyl (C=O) groups excluding carboxylic acids is 1. The van der Waals surface area contributed by atoms with Crippen molar-refractivity contribution in [1.29, 1.82) is 0 Å². The van der Waals surface area contributed by atoms with Crippen LogP contribution in [-0.4, -0.2) is 44.2 Å². The van der Waals surface area contributed by atoms with E-state index in [0.717, 1.165) is 56.5 Å². The van der Waals surface area contributed by atoms with Crippen LogP contribution in [0.25, 0.3) is 0 Å². The van der Waals surface area contributed by atoms with Crippen LogP contribution >= 0.6 is 0 Å². The number of ether oxygens (including phenoxy) is 2. The highest BCUT2D eigenvalue weighted by molar-refractivity contribution is 5.93. The summed E-state index contributed by atoms with van der Waals surface area (Å²) in [5.74, 6) is 1.44. The topological polar surface area (TPSA) is 38.8 Å². The second-order valence-corrected chi connectivity index (χ2v) is 6.75. The molecule has 1 aromatic rings. The van der Waals surface area contributed by atoms with E-state index in [0.29, 0.717) is 5.92 Å². The Morgan fingerprint density at radius 1 is 1.25 bits per heavy atom. The summed E-state index contributed by atoms with van der Waals surface area (Å²) < 4.78 is 10.9. The molecule has 0 aromatic heterocycles. The molecule has 2 aliphatic rings. The number of methoxy groups -OCH3 is 2. The van der Waals surface area contributed by atoms with E-state index in [1.165, 1.54) is 5.56 Å². The molecule has 130 valence electrons. The summed E-state index contributed by atoms with van der Waals surface area (Å²) in [6, 6.07) is 8.19. The second kappa shape index (κ2) is 7.84. The summed E-state index contributed by atoms with van der Waals surface area (Å²) in [6.07, 6.45) is 7.26. The van der Waals surface area contributed by atoms with Crippen LogP contribution in [0.4, 0.5) is 0 Å². The van der Waals surface area contributed by atoms with Crippen molar-refractivity contribution in [2.24, 2.45) is 5.92 Å². The second-order valence-electron chi connectivity index (χ2n) is 6.75. The maximum Gasteiger partial charge on any atom is 0.249 e. The number of allylic oxidation sites excluding steroid dienone is 1. The van der Waals surface area contributed by atoms with Crippen LogP contribution in [0.2, 0.25) is 0 Å². The molecule has 0 bridgehead atoms. The minimum absolute atomic E-state index is 0.216. The van der Waals surface area contributed by atoms with Crippen molar-refractivity contribution in [3.05, 3.63) is 41.5 Å². The Labute approximate surface area is 144 Å². The highest BCUT2D eigenvalue weighted by atomic mass is 16.5. The molecule has 0 N–H and O–H groups in total. The minimum atomic E-state index is 0.216. The Morgan fingerprint density at radius 3 is 2.67 bits per heavy atom. The summed E-state index contributed by atoms with van der Waals surface area (Å²) in [5.41, 5.74) is 2.27. The Morgan fingerprint density at radius 2 is 2.04 bits per heavy atom. The van der Waals surface area contributed by atoms with E-state index in [-0.39, 0.29) is 12.0 Å². The standard InChI is InChI=1S/C20H27NO3/c1-23-18-9-7-15(8-10-18)13-17-14-21(12-11-19(17)24-2)20(22)16-5-3-4-6-16/h5,7-10,17,19H,3-4,6,11-14H2,1-2H3/t17-,19-/m1/s1. The molecule has 4 heteroatoms. The number of carbonyl (C=O) groups is 1. The maximum absolute atomic E-state index is 12.7. The van der Waals surface area contributed by atoms with Gasteiger partial charge in [0.25, 0.3) is 0 Å². The molecule has 1 amide bonds. The molecule has 1 aliphatic heterocycles. The molecule has 2 atom stereocenters. The number of hydrogen-bond acceptors (Lipinski definition) is 3. The Bertz CT molecular complexity index is 593. The predicted octanol–water partition coefficient (Wildman–Crippen LogP) is 3.21. The highest BCUT2D eigenvalue weighted by Gasteiger charge is 2.32. The van der Waals surface area contributed by atoms with Gasteiger partial charge in [-0.05, 0) is 49.8 Å². The fraction of sp³-hybridized carbons (Fsp3) is 0.550. The maximum atomic E-state index is 12.7. The molecule has 0 unspecified atom stereocenters. The number of hydrogen-bond donors (Lipinski definition) is 0. The predicted molar refractivity (Wildman–Crippen MR) is 94.1 cm³/mol. The first kappa shape index (κ1) is 17.0. The van der Waals surface area contributed by atoms with Gasteiger partial charge in [-0.25, -0.2) is 0 Å². The molecule has 1 aromatic carbocycles. The van der Waals surface area contributed by atoms with Crippen LogP contribution in [0.1, 0.15) is 31.2 Å². The number of benzene rings is 1. The van der Waals surface area contributed by atoms with E-state index in [1.54, 1.807) is 14.2 Å². The average molecular weight is 329 g/mol. The van der Waals surface area contributed by atoms with Crippen molar-refractivity contribution < 1.29 is 14.3 Å². The van der Waals surface area contributed by atoms with E-state index < -0.39 is 0 Å². The van der Waals surface area contributed by atoms with Crippen molar-refractivity contribution in [3.8, 4) is 5.75 Å². The highest BCUT2D eigenvalue weighted by Crippen LogP contribution is 2.27. The molecular weight excluding hydrogens is 302 g/mol. The molecule has 1 aliphatic carbocycles. The lowest BCUT2D eigenvalue weighted by molar-refractivity contribution is -0.131. The molecule has 0 radical (unpaired) electrons. The average Bonchev–Trinajstić information content (AvgIpc) is 3.16. The first-order valence-electron chi connectivity index (χ1n) is 8.85. The zero-order chi connectivity index (χ0) is 16.9. The SMILES string of the molecule is COc1ccc(C[C@@H]2CN(C(=O)C3=CCCC3)CC[C@H]2OC)cc1. The van der Waals surface area contributed by atoms with Crippen molar-refractivity contribution >= 4 is 5.91 Å². The van der Waals surface area contributed by atoms with Crippen LogP contribution in [0.15, 0.2) is 35.9 Å². The third-order valence-corrected chi connectivity index (χ3v) is 5.23. The van der Waals surface area contributed by atoms with E-state index in [2.05, 4.69) is 18.2 Å². The fourth-order valence-corrected chi connectivity index (χ4v) is 3.83. The molecule has 1 saturated heterocycles. The number of rotatable bonds is 5. The van der Waals surface area contributed by atoms with Crippen molar-refractivity contribution in [1.82, 2.24) is 4.90 Å². The van der Waals surface area contributed by atoms with Gasteiger partial charge in [0.15, 0.2) is 0 Å². The van der Waals surface area contributed by atoms with Crippen molar-refractivity contribution in [2.45, 2.75) is 38.2 Å². The Balaban J connectivity index is 1.67. The lowest BCUT2D eigenvalue weighted by atomic mass is 9.88. The Hall–Kier alpha value is -1.81. The van der Waals surface area contributed by atoms with Gasteiger partial charge in [-0.3, -0.25) is 4.79 Å². The lowest BCUT2D eigenvalue weighted by Crippen LogP contribution is -2.47. The summed E-state index contributed by atoms with van der Waals surface area (Å²) >= 11 is 0. The molecule has 0 spiro atoms. The zero-order valence-electron chi connectivity index (χ0n) is 14.7. The summed E-state index contributed by atoms with van der Waals surface area (Å²) in [5, 5.41) is 0. The molecular formula is C20H27NO3. The van der Waals surface area contributed by atoms with Gasteiger partial charge in [-0.15, -0.1) is 0 Å². The van der Waals surface area contributed by atoms with Gasteiger partial charge < -0.3 is 14.4 Å². The van der Waals surface area contributed by atoms with Gasteiger partial charge >= 0.3 is 0 Å². The molecule has 3 rings (SSSR count). The zero-order valence-corrected chi connectivity index (χ0v) is 14.7. The summed E-state index contributed by atoms with van der Waals surface area (Å²) in [7, 11) is 3.46. The third kappa shape index (κ3) is 3.81. The Kier molecular flexibility index (Phi) is 5.56. The van der Waals surface area contributed by atoms with Crippen LogP contribution in [0.3, 0.4) is 0 Å². The summed E-state index contributed by atoms with van der Waals surface area (Å²) in [6.45, 7) is 1.58. The third-order valence-electron chi connectivity index (χ3n) is 5.23. The van der Waals surface area contributed by atoms with Gasteiger partial charge in [0.1, 0.15) is 5.75 Å². The number of amides is 1. The van der Waals surface area contributed by atoms with Gasteiger partial charge in [0.05, 0.1) is 13.2 Å². The monoisotopic (exact) mass is 329 g/mol. The fourth-order valence-electron chi connectivity index (χ4n) is 3.83. The van der Waals surface area contributed by atoms with E-state index in [4.69, 9.17) is 9.47 Å². The number of piperidine rings is 1. The molecule has 24 heavy (non-hydrogen) atoms.